The Morgan fingerprint density at radius 2 is 2.38 bits per heavy atom. The first kappa shape index (κ1) is 9.77. The fourth-order valence-electron chi connectivity index (χ4n) is 1.83. The summed E-state index contributed by atoms with van der Waals surface area (Å²) in [5.41, 5.74) is 0. The Morgan fingerprint density at radius 1 is 1.56 bits per heavy atom. The molecule has 2 aromatic rings. The third-order valence-corrected chi connectivity index (χ3v) is 3.26. The molecule has 1 aliphatic rings. The maximum Gasteiger partial charge on any atom is 0.195 e. The smallest absolute Gasteiger partial charge is 0.195 e. The number of H-pyrrole nitrogens is 1. The number of nitrogens with zero attached hydrogens (tertiary/aromatic N) is 4. The maximum absolute atomic E-state index is 5.24. The van der Waals surface area contributed by atoms with Gasteiger partial charge in [0.05, 0.1) is 6.54 Å². The van der Waals surface area contributed by atoms with Crippen LogP contribution in [0.15, 0.2) is 12.4 Å². The highest BCUT2D eigenvalue weighted by atomic mass is 32.1. The molecule has 84 valence electrons. The van der Waals surface area contributed by atoms with Crippen molar-refractivity contribution in [2.75, 3.05) is 0 Å². The second-order valence-corrected chi connectivity index (χ2v) is 4.59. The molecule has 6 heteroatoms. The molecular weight excluding hydrogens is 222 g/mol. The number of hydrogen-bond acceptors (Lipinski definition) is 3. The minimum absolute atomic E-state index is 0.591. The van der Waals surface area contributed by atoms with Gasteiger partial charge in [-0.1, -0.05) is 0 Å². The lowest BCUT2D eigenvalue weighted by Crippen LogP contribution is -2.08. The minimum atomic E-state index is 0.591. The van der Waals surface area contributed by atoms with Crippen molar-refractivity contribution in [1.29, 1.82) is 0 Å². The Bertz CT molecular complexity index is 560. The first-order valence-electron chi connectivity index (χ1n) is 5.37. The molecule has 2 aromatic heterocycles. The SMILES string of the molecule is Cn1ccnc1Cn1c(C2CC2)n[nH]c1=S. The lowest BCUT2D eigenvalue weighted by molar-refractivity contribution is 0.658. The van der Waals surface area contributed by atoms with Crippen molar-refractivity contribution in [3.63, 3.8) is 0 Å². The Hall–Kier alpha value is -1.43. The van der Waals surface area contributed by atoms with E-state index in [0.717, 1.165) is 11.6 Å². The molecule has 1 saturated carbocycles. The number of nitrogens with one attached hydrogen (secondary N) is 1. The molecule has 0 aromatic carbocycles. The molecule has 0 aliphatic heterocycles. The van der Waals surface area contributed by atoms with Crippen molar-refractivity contribution < 1.29 is 0 Å². The number of aromatic nitrogens is 5. The predicted octanol–water partition coefficient (Wildman–Crippen LogP) is 1.60. The lowest BCUT2D eigenvalue weighted by Gasteiger charge is -2.05. The van der Waals surface area contributed by atoms with Crippen LogP contribution in [-0.2, 0) is 13.6 Å². The van der Waals surface area contributed by atoms with Crippen LogP contribution < -0.4 is 0 Å². The Morgan fingerprint density at radius 3 is 3.00 bits per heavy atom. The summed E-state index contributed by atoms with van der Waals surface area (Å²) in [6.45, 7) is 0.699. The number of aryl methyl sites for hydroxylation is 1. The topological polar surface area (TPSA) is 51.4 Å². The van der Waals surface area contributed by atoms with Crippen LogP contribution in [0.4, 0.5) is 0 Å². The van der Waals surface area contributed by atoms with E-state index in [9.17, 15) is 0 Å². The van der Waals surface area contributed by atoms with Crippen LogP contribution in [0.3, 0.4) is 0 Å². The van der Waals surface area contributed by atoms with Crippen LogP contribution in [0.5, 0.6) is 0 Å². The summed E-state index contributed by atoms with van der Waals surface area (Å²) in [7, 11) is 1.99. The normalized spacial score (nSPS) is 15.6. The van der Waals surface area contributed by atoms with E-state index in [2.05, 4.69) is 19.7 Å². The average molecular weight is 235 g/mol. The fourth-order valence-corrected chi connectivity index (χ4v) is 2.03. The number of rotatable bonds is 3. The minimum Gasteiger partial charge on any atom is -0.337 e. The lowest BCUT2D eigenvalue weighted by atomic mass is 10.4. The van der Waals surface area contributed by atoms with Crippen LogP contribution in [0, 0.1) is 4.77 Å². The van der Waals surface area contributed by atoms with Gasteiger partial charge in [0.1, 0.15) is 11.6 Å². The van der Waals surface area contributed by atoms with Gasteiger partial charge in [-0.05, 0) is 25.1 Å². The predicted molar refractivity (Wildman–Crippen MR) is 61.7 cm³/mol. The van der Waals surface area contributed by atoms with Gasteiger partial charge in [-0.3, -0.25) is 9.67 Å². The van der Waals surface area contributed by atoms with Gasteiger partial charge in [0.2, 0.25) is 0 Å². The molecule has 0 amide bonds. The van der Waals surface area contributed by atoms with E-state index in [-0.39, 0.29) is 0 Å². The first-order chi connectivity index (χ1) is 7.75. The van der Waals surface area contributed by atoms with Gasteiger partial charge in [-0.25, -0.2) is 4.98 Å². The van der Waals surface area contributed by atoms with E-state index >= 15 is 0 Å². The van der Waals surface area contributed by atoms with E-state index in [1.807, 2.05) is 17.8 Å². The van der Waals surface area contributed by atoms with Crippen LogP contribution in [-0.4, -0.2) is 24.3 Å². The summed E-state index contributed by atoms with van der Waals surface area (Å²) < 4.78 is 4.74. The Balaban J connectivity index is 1.97. The second-order valence-electron chi connectivity index (χ2n) is 4.20. The van der Waals surface area contributed by atoms with Crippen molar-refractivity contribution in [2.24, 2.45) is 7.05 Å². The van der Waals surface area contributed by atoms with E-state index in [4.69, 9.17) is 12.2 Å². The highest BCUT2D eigenvalue weighted by Gasteiger charge is 2.29. The highest BCUT2D eigenvalue weighted by molar-refractivity contribution is 7.71. The van der Waals surface area contributed by atoms with Crippen LogP contribution in [0.25, 0.3) is 0 Å². The molecule has 1 aliphatic carbocycles. The highest BCUT2D eigenvalue weighted by Crippen LogP contribution is 2.38. The molecule has 0 bridgehead atoms. The first-order valence-corrected chi connectivity index (χ1v) is 5.78. The van der Waals surface area contributed by atoms with Crippen molar-refractivity contribution >= 4 is 12.2 Å². The van der Waals surface area contributed by atoms with E-state index < -0.39 is 0 Å². The molecular formula is C10H13N5S. The number of imidazole rings is 1. The van der Waals surface area contributed by atoms with E-state index in [0.29, 0.717) is 17.2 Å². The summed E-state index contributed by atoms with van der Waals surface area (Å²) in [5.74, 6) is 2.67. The fraction of sp³-hybridized carbons (Fsp3) is 0.500. The van der Waals surface area contributed by atoms with Gasteiger partial charge in [0.25, 0.3) is 0 Å². The molecule has 3 rings (SSSR count). The molecule has 0 unspecified atom stereocenters. The molecule has 1 N–H and O–H groups in total. The summed E-state index contributed by atoms with van der Waals surface area (Å²) in [5, 5.41) is 7.17. The van der Waals surface area contributed by atoms with Crippen molar-refractivity contribution in [3.05, 3.63) is 28.8 Å². The summed E-state index contributed by atoms with van der Waals surface area (Å²) in [4.78, 5) is 4.31. The van der Waals surface area contributed by atoms with Crippen LogP contribution >= 0.6 is 12.2 Å². The van der Waals surface area contributed by atoms with Gasteiger partial charge < -0.3 is 4.57 Å². The monoisotopic (exact) mass is 235 g/mol. The largest absolute Gasteiger partial charge is 0.337 e. The standard InChI is InChI=1S/C10H13N5S/c1-14-5-4-11-8(14)6-15-9(7-2-3-7)12-13-10(15)16/h4-5,7H,2-3,6H2,1H3,(H,13,16). The zero-order valence-electron chi connectivity index (χ0n) is 9.05. The third kappa shape index (κ3) is 1.59. The molecule has 2 heterocycles. The molecule has 0 spiro atoms. The molecule has 16 heavy (non-hydrogen) atoms. The maximum atomic E-state index is 5.24. The van der Waals surface area contributed by atoms with Gasteiger partial charge >= 0.3 is 0 Å². The molecule has 1 fully saturated rings. The van der Waals surface area contributed by atoms with E-state index in [1.54, 1.807) is 6.20 Å². The van der Waals surface area contributed by atoms with Gasteiger partial charge in [0, 0.05) is 25.4 Å². The van der Waals surface area contributed by atoms with Crippen LogP contribution in [0.2, 0.25) is 0 Å². The second kappa shape index (κ2) is 3.55. The van der Waals surface area contributed by atoms with Crippen molar-refractivity contribution in [2.45, 2.75) is 25.3 Å². The van der Waals surface area contributed by atoms with Gasteiger partial charge in [0.15, 0.2) is 4.77 Å². The summed E-state index contributed by atoms with van der Waals surface area (Å²) in [6.07, 6.45) is 6.19. The zero-order valence-corrected chi connectivity index (χ0v) is 9.87. The third-order valence-electron chi connectivity index (χ3n) is 2.95. The molecule has 0 atom stereocenters. The Kier molecular flexibility index (Phi) is 2.17. The number of hydrogen-bond donors (Lipinski definition) is 1. The van der Waals surface area contributed by atoms with Crippen molar-refractivity contribution in [3.8, 4) is 0 Å². The number of aromatic amines is 1. The van der Waals surface area contributed by atoms with E-state index in [1.165, 1.54) is 12.8 Å². The van der Waals surface area contributed by atoms with Gasteiger partial charge in [-0.15, -0.1) is 0 Å². The van der Waals surface area contributed by atoms with Gasteiger partial charge in [-0.2, -0.15) is 5.10 Å². The Labute approximate surface area is 98.1 Å². The van der Waals surface area contributed by atoms with Crippen LogP contribution in [0.1, 0.15) is 30.4 Å². The molecule has 5 nitrogen and oxygen atoms in total. The van der Waals surface area contributed by atoms with Crippen molar-refractivity contribution in [1.82, 2.24) is 24.3 Å². The zero-order chi connectivity index (χ0) is 11.1. The average Bonchev–Trinajstić information content (AvgIpc) is 2.94. The molecule has 0 saturated heterocycles. The summed E-state index contributed by atoms with van der Waals surface area (Å²) in [6, 6.07) is 0. The summed E-state index contributed by atoms with van der Waals surface area (Å²) >= 11 is 5.24. The molecule has 0 radical (unpaired) electrons. The quantitative estimate of drug-likeness (QED) is 0.822.